The lowest BCUT2D eigenvalue weighted by atomic mass is 10.1. The summed E-state index contributed by atoms with van der Waals surface area (Å²) in [7, 11) is 0. The Labute approximate surface area is 179 Å². The summed E-state index contributed by atoms with van der Waals surface area (Å²) in [5.41, 5.74) is 2.57. The van der Waals surface area contributed by atoms with Crippen LogP contribution in [0.3, 0.4) is 0 Å². The number of benzene rings is 1. The Balaban J connectivity index is 1.50. The van der Waals surface area contributed by atoms with Gasteiger partial charge < -0.3 is 18.9 Å². The van der Waals surface area contributed by atoms with E-state index in [1.165, 1.54) is 0 Å². The molecule has 1 saturated carbocycles. The number of aromatic nitrogens is 2. The summed E-state index contributed by atoms with van der Waals surface area (Å²) in [6.45, 7) is 2.72. The molecular formula is C24H23N3O4. The van der Waals surface area contributed by atoms with Crippen LogP contribution < -0.4 is 15.0 Å². The molecule has 0 spiro atoms. The van der Waals surface area contributed by atoms with Gasteiger partial charge in [0.05, 0.1) is 0 Å². The van der Waals surface area contributed by atoms with Crippen LogP contribution in [0.5, 0.6) is 11.5 Å². The van der Waals surface area contributed by atoms with E-state index in [0.717, 1.165) is 24.0 Å². The molecule has 158 valence electrons. The third-order valence-electron chi connectivity index (χ3n) is 5.70. The van der Waals surface area contributed by atoms with E-state index in [9.17, 15) is 9.59 Å². The molecule has 7 nitrogen and oxygen atoms in total. The Hall–Kier alpha value is -3.61. The SMILES string of the molecule is Cc1ccn(C2CC2)c(=O)c1C(=O)N(Cc1ccncc1)Cc1ccc2c(c1)OCO2. The minimum atomic E-state index is -0.271. The number of fused-ring (bicyclic) bond motifs is 1. The fraction of sp³-hybridized carbons (Fsp3) is 0.292. The summed E-state index contributed by atoms with van der Waals surface area (Å²) in [5.74, 6) is 1.09. The van der Waals surface area contributed by atoms with E-state index in [0.29, 0.717) is 30.2 Å². The highest BCUT2D eigenvalue weighted by atomic mass is 16.7. The fourth-order valence-corrected chi connectivity index (χ4v) is 3.87. The third kappa shape index (κ3) is 3.91. The van der Waals surface area contributed by atoms with E-state index in [1.807, 2.05) is 43.3 Å². The highest BCUT2D eigenvalue weighted by Gasteiger charge is 2.29. The molecule has 1 amide bonds. The molecule has 2 aromatic heterocycles. The molecule has 5 rings (SSSR count). The van der Waals surface area contributed by atoms with Gasteiger partial charge in [0.2, 0.25) is 6.79 Å². The van der Waals surface area contributed by atoms with Crippen molar-refractivity contribution in [2.24, 2.45) is 0 Å². The van der Waals surface area contributed by atoms with Crippen LogP contribution in [0.4, 0.5) is 0 Å². The first-order valence-corrected chi connectivity index (χ1v) is 10.4. The van der Waals surface area contributed by atoms with Crippen LogP contribution >= 0.6 is 0 Å². The van der Waals surface area contributed by atoms with E-state index in [-0.39, 0.29) is 29.9 Å². The molecule has 2 aliphatic rings. The van der Waals surface area contributed by atoms with Crippen molar-refractivity contribution < 1.29 is 14.3 Å². The van der Waals surface area contributed by atoms with Crippen LogP contribution in [0.15, 0.2) is 59.8 Å². The largest absolute Gasteiger partial charge is 0.454 e. The van der Waals surface area contributed by atoms with Gasteiger partial charge in [-0.05, 0) is 66.8 Å². The molecule has 0 unspecified atom stereocenters. The molecule has 0 radical (unpaired) electrons. The molecule has 3 heterocycles. The molecule has 31 heavy (non-hydrogen) atoms. The van der Waals surface area contributed by atoms with Gasteiger partial charge in [0.15, 0.2) is 11.5 Å². The molecular weight excluding hydrogens is 394 g/mol. The standard InChI is InChI=1S/C24H23N3O4/c1-16-8-11-27(19-3-4-19)24(29)22(16)23(28)26(13-17-6-9-25-10-7-17)14-18-2-5-20-21(12-18)31-15-30-20/h2,5-12,19H,3-4,13-15H2,1H3. The van der Waals surface area contributed by atoms with Gasteiger partial charge in [0.1, 0.15) is 5.56 Å². The lowest BCUT2D eigenvalue weighted by Crippen LogP contribution is -2.36. The van der Waals surface area contributed by atoms with Crippen LogP contribution in [0.1, 0.15) is 45.9 Å². The number of ether oxygens (including phenoxy) is 2. The number of amides is 1. The number of nitrogens with zero attached hydrogens (tertiary/aromatic N) is 3. The van der Waals surface area contributed by atoms with Crippen LogP contribution in [0, 0.1) is 6.92 Å². The second-order valence-electron chi connectivity index (χ2n) is 8.02. The number of aryl methyl sites for hydroxylation is 1. The third-order valence-corrected chi connectivity index (χ3v) is 5.70. The monoisotopic (exact) mass is 417 g/mol. The highest BCUT2D eigenvalue weighted by molar-refractivity contribution is 5.95. The first kappa shape index (κ1) is 19.4. The van der Waals surface area contributed by atoms with Gasteiger partial charge in [-0.1, -0.05) is 6.07 Å². The zero-order valence-corrected chi connectivity index (χ0v) is 17.3. The van der Waals surface area contributed by atoms with Crippen molar-refractivity contribution in [3.63, 3.8) is 0 Å². The van der Waals surface area contributed by atoms with Gasteiger partial charge in [0.25, 0.3) is 11.5 Å². The topological polar surface area (TPSA) is 73.7 Å². The highest BCUT2D eigenvalue weighted by Crippen LogP contribution is 2.34. The average molecular weight is 417 g/mol. The van der Waals surface area contributed by atoms with Crippen molar-refractivity contribution in [3.05, 3.63) is 87.6 Å². The molecule has 7 heteroatoms. The zero-order valence-electron chi connectivity index (χ0n) is 17.3. The molecule has 1 aliphatic carbocycles. The predicted molar refractivity (Wildman–Crippen MR) is 114 cm³/mol. The smallest absolute Gasteiger partial charge is 0.263 e. The van der Waals surface area contributed by atoms with Gasteiger partial charge >= 0.3 is 0 Å². The van der Waals surface area contributed by atoms with Gasteiger partial charge in [-0.2, -0.15) is 0 Å². The van der Waals surface area contributed by atoms with Crippen LogP contribution in [-0.2, 0) is 13.1 Å². The van der Waals surface area contributed by atoms with Crippen molar-refractivity contribution >= 4 is 5.91 Å². The summed E-state index contributed by atoms with van der Waals surface area (Å²) in [6, 6.07) is 11.5. The Bertz CT molecular complexity index is 1190. The maximum Gasteiger partial charge on any atom is 0.263 e. The number of hydrogen-bond donors (Lipinski definition) is 0. The van der Waals surface area contributed by atoms with Crippen LogP contribution in [0.2, 0.25) is 0 Å². The van der Waals surface area contributed by atoms with Crippen molar-refractivity contribution in [2.45, 2.75) is 38.9 Å². The zero-order chi connectivity index (χ0) is 21.4. The molecule has 0 saturated heterocycles. The molecule has 1 fully saturated rings. The lowest BCUT2D eigenvalue weighted by molar-refractivity contribution is 0.0726. The summed E-state index contributed by atoms with van der Waals surface area (Å²) >= 11 is 0. The van der Waals surface area contributed by atoms with Gasteiger partial charge in [-0.3, -0.25) is 14.6 Å². The first-order chi connectivity index (χ1) is 15.1. The van der Waals surface area contributed by atoms with Crippen LogP contribution in [0.25, 0.3) is 0 Å². The predicted octanol–water partition coefficient (Wildman–Crippen LogP) is 3.46. The maximum atomic E-state index is 13.7. The summed E-state index contributed by atoms with van der Waals surface area (Å²) in [4.78, 5) is 32.6. The number of carbonyl (C=O) groups excluding carboxylic acids is 1. The van der Waals surface area contributed by atoms with E-state index in [1.54, 1.807) is 28.1 Å². The molecule has 0 bridgehead atoms. The second kappa shape index (κ2) is 7.91. The van der Waals surface area contributed by atoms with E-state index >= 15 is 0 Å². The fourth-order valence-electron chi connectivity index (χ4n) is 3.87. The van der Waals surface area contributed by atoms with E-state index in [2.05, 4.69) is 4.98 Å². The average Bonchev–Trinajstić information content (AvgIpc) is 3.50. The second-order valence-corrected chi connectivity index (χ2v) is 8.02. The molecule has 1 aromatic carbocycles. The molecule has 0 N–H and O–H groups in total. The Kier molecular flexibility index (Phi) is 4.94. The van der Waals surface area contributed by atoms with Gasteiger partial charge in [-0.25, -0.2) is 0 Å². The Morgan fingerprint density at radius 2 is 1.81 bits per heavy atom. The summed E-state index contributed by atoms with van der Waals surface area (Å²) in [6.07, 6.45) is 7.17. The van der Waals surface area contributed by atoms with Gasteiger partial charge in [-0.15, -0.1) is 0 Å². The van der Waals surface area contributed by atoms with Crippen LogP contribution in [-0.4, -0.2) is 27.2 Å². The van der Waals surface area contributed by atoms with Crippen molar-refractivity contribution in [1.82, 2.24) is 14.5 Å². The van der Waals surface area contributed by atoms with Crippen molar-refractivity contribution in [1.29, 1.82) is 0 Å². The number of pyridine rings is 2. The van der Waals surface area contributed by atoms with E-state index < -0.39 is 0 Å². The Morgan fingerprint density at radius 3 is 2.58 bits per heavy atom. The number of rotatable bonds is 6. The van der Waals surface area contributed by atoms with E-state index in [4.69, 9.17) is 9.47 Å². The molecule has 3 aromatic rings. The maximum absolute atomic E-state index is 13.7. The summed E-state index contributed by atoms with van der Waals surface area (Å²) < 4.78 is 12.6. The normalized spacial score (nSPS) is 14.5. The summed E-state index contributed by atoms with van der Waals surface area (Å²) in [5, 5.41) is 0. The number of carbonyl (C=O) groups is 1. The quantitative estimate of drug-likeness (QED) is 0.614. The lowest BCUT2D eigenvalue weighted by Gasteiger charge is -2.24. The minimum Gasteiger partial charge on any atom is -0.454 e. The van der Waals surface area contributed by atoms with Crippen molar-refractivity contribution in [2.75, 3.05) is 6.79 Å². The minimum absolute atomic E-state index is 0.197. The number of hydrogen-bond acceptors (Lipinski definition) is 5. The molecule has 0 atom stereocenters. The van der Waals surface area contributed by atoms with Gasteiger partial charge in [0, 0.05) is 37.7 Å². The molecule has 1 aliphatic heterocycles. The first-order valence-electron chi connectivity index (χ1n) is 10.4. The van der Waals surface area contributed by atoms with Crippen molar-refractivity contribution in [3.8, 4) is 11.5 Å². The Morgan fingerprint density at radius 1 is 1.06 bits per heavy atom.